The Morgan fingerprint density at radius 1 is 0.221 bits per heavy atom. The SMILES string of the molecule is c1ccc(-c2ccc(-c3ccc(N(c4ccc(-c5ccc(-c6ccccc6)cc5)cc4)c4ccc5c(c4)C(c4ccccc4)(c4ccccc4)c4cccc(-c6ccccc6)c4-5)cc3)cc2)cc1. The molecule has 0 fully saturated rings. The summed E-state index contributed by atoms with van der Waals surface area (Å²) >= 11 is 0. The lowest BCUT2D eigenvalue weighted by Gasteiger charge is -2.35. The highest BCUT2D eigenvalue weighted by atomic mass is 15.1. The van der Waals surface area contributed by atoms with Crippen LogP contribution in [0.15, 0.2) is 285 Å². The van der Waals surface area contributed by atoms with Crippen LogP contribution < -0.4 is 4.90 Å². The third-order valence-electron chi connectivity index (χ3n) is 13.8. The standard InChI is InChI=1S/C67H47N/c1-6-17-48(18-7-1)50-29-33-52(34-30-50)54-37-41-59(42-38-54)68(60-43-39-55(40-44-60)53-35-31-51(32-36-53)49-19-8-2-9-20-49)61-45-46-63-65(47-61)67(57-23-12-4-13-24-57,58-25-14-5-15-26-58)64-28-16-27-62(66(63)64)56-21-10-3-11-22-56/h1-47H. The summed E-state index contributed by atoms with van der Waals surface area (Å²) in [5.41, 5.74) is 22.3. The van der Waals surface area contributed by atoms with Crippen LogP contribution in [0.25, 0.3) is 66.8 Å². The summed E-state index contributed by atoms with van der Waals surface area (Å²) in [7, 11) is 0. The summed E-state index contributed by atoms with van der Waals surface area (Å²) in [4.78, 5) is 2.42. The second kappa shape index (κ2) is 17.5. The molecule has 0 saturated carbocycles. The summed E-state index contributed by atoms with van der Waals surface area (Å²) in [6.07, 6.45) is 0. The van der Waals surface area contributed by atoms with Gasteiger partial charge >= 0.3 is 0 Å². The lowest BCUT2D eigenvalue weighted by molar-refractivity contribution is 0.768. The van der Waals surface area contributed by atoms with E-state index in [0.29, 0.717) is 0 Å². The zero-order valence-corrected chi connectivity index (χ0v) is 37.6. The highest BCUT2D eigenvalue weighted by Gasteiger charge is 2.47. The number of hydrogen-bond donors (Lipinski definition) is 0. The van der Waals surface area contributed by atoms with Crippen molar-refractivity contribution >= 4 is 17.1 Å². The molecule has 12 rings (SSSR count). The molecule has 11 aromatic carbocycles. The lowest BCUT2D eigenvalue weighted by Crippen LogP contribution is -2.28. The highest BCUT2D eigenvalue weighted by molar-refractivity contribution is 5.97. The minimum Gasteiger partial charge on any atom is -0.310 e. The normalized spacial score (nSPS) is 12.2. The fraction of sp³-hybridized carbons (Fsp3) is 0.0149. The second-order valence-corrected chi connectivity index (χ2v) is 17.6. The third-order valence-corrected chi connectivity index (χ3v) is 13.8. The van der Waals surface area contributed by atoms with E-state index in [1.54, 1.807) is 0 Å². The molecule has 0 N–H and O–H groups in total. The molecule has 0 spiro atoms. The number of fused-ring (bicyclic) bond motifs is 3. The van der Waals surface area contributed by atoms with E-state index in [-0.39, 0.29) is 0 Å². The number of benzene rings is 11. The van der Waals surface area contributed by atoms with Crippen molar-refractivity contribution in [1.29, 1.82) is 0 Å². The zero-order valence-electron chi connectivity index (χ0n) is 37.6. The van der Waals surface area contributed by atoms with Crippen molar-refractivity contribution in [3.05, 3.63) is 307 Å². The van der Waals surface area contributed by atoms with Crippen LogP contribution in [-0.2, 0) is 5.41 Å². The maximum absolute atomic E-state index is 2.47. The molecule has 0 radical (unpaired) electrons. The highest BCUT2D eigenvalue weighted by Crippen LogP contribution is 2.59. The van der Waals surface area contributed by atoms with Gasteiger partial charge in [-0.25, -0.2) is 0 Å². The molecule has 0 aromatic heterocycles. The Kier molecular flexibility index (Phi) is 10.5. The molecule has 0 unspecified atom stereocenters. The van der Waals surface area contributed by atoms with Crippen LogP contribution in [0.3, 0.4) is 0 Å². The molecule has 0 amide bonds. The quantitative estimate of drug-likeness (QED) is 0.132. The van der Waals surface area contributed by atoms with Crippen molar-refractivity contribution < 1.29 is 0 Å². The van der Waals surface area contributed by atoms with E-state index in [4.69, 9.17) is 0 Å². The Labute approximate surface area is 399 Å². The fourth-order valence-electron chi connectivity index (χ4n) is 10.5. The molecule has 68 heavy (non-hydrogen) atoms. The summed E-state index contributed by atoms with van der Waals surface area (Å²) in [5.74, 6) is 0. The molecule has 1 aliphatic rings. The molecule has 0 saturated heterocycles. The van der Waals surface area contributed by atoms with E-state index < -0.39 is 5.41 Å². The minimum atomic E-state index is -0.578. The van der Waals surface area contributed by atoms with Crippen LogP contribution in [0.2, 0.25) is 0 Å². The maximum Gasteiger partial charge on any atom is 0.0714 e. The Morgan fingerprint density at radius 3 is 0.971 bits per heavy atom. The first-order valence-corrected chi connectivity index (χ1v) is 23.5. The van der Waals surface area contributed by atoms with Crippen molar-refractivity contribution in [2.24, 2.45) is 0 Å². The van der Waals surface area contributed by atoms with Gasteiger partial charge in [0, 0.05) is 17.1 Å². The maximum atomic E-state index is 2.47. The molecular weight excluding hydrogens is 819 g/mol. The van der Waals surface area contributed by atoms with Crippen molar-refractivity contribution in [2.75, 3.05) is 4.90 Å². The molecule has 0 heterocycles. The van der Waals surface area contributed by atoms with Gasteiger partial charge in [-0.1, -0.05) is 249 Å². The van der Waals surface area contributed by atoms with Crippen molar-refractivity contribution in [1.82, 2.24) is 0 Å². The number of nitrogens with zero attached hydrogens (tertiary/aromatic N) is 1. The van der Waals surface area contributed by atoms with Crippen LogP contribution >= 0.6 is 0 Å². The number of rotatable bonds is 10. The van der Waals surface area contributed by atoms with E-state index in [0.717, 1.165) is 17.1 Å². The molecule has 1 heteroatoms. The van der Waals surface area contributed by atoms with E-state index >= 15 is 0 Å². The van der Waals surface area contributed by atoms with Crippen molar-refractivity contribution in [3.63, 3.8) is 0 Å². The van der Waals surface area contributed by atoms with Crippen LogP contribution in [0, 0.1) is 0 Å². The second-order valence-electron chi connectivity index (χ2n) is 17.6. The van der Waals surface area contributed by atoms with E-state index in [1.807, 2.05) is 0 Å². The summed E-state index contributed by atoms with van der Waals surface area (Å²) in [6, 6.07) is 104. The van der Waals surface area contributed by atoms with E-state index in [9.17, 15) is 0 Å². The van der Waals surface area contributed by atoms with Crippen LogP contribution in [0.1, 0.15) is 22.3 Å². The van der Waals surface area contributed by atoms with Gasteiger partial charge in [0.15, 0.2) is 0 Å². The van der Waals surface area contributed by atoms with Crippen molar-refractivity contribution in [2.45, 2.75) is 5.41 Å². The molecule has 1 aliphatic carbocycles. The van der Waals surface area contributed by atoms with Crippen molar-refractivity contribution in [3.8, 4) is 66.8 Å². The summed E-state index contributed by atoms with van der Waals surface area (Å²) in [5, 5.41) is 0. The first kappa shape index (κ1) is 40.7. The van der Waals surface area contributed by atoms with Gasteiger partial charge in [0.2, 0.25) is 0 Å². The summed E-state index contributed by atoms with van der Waals surface area (Å²) < 4.78 is 0. The Balaban J connectivity index is 1.01. The minimum absolute atomic E-state index is 0.578. The summed E-state index contributed by atoms with van der Waals surface area (Å²) in [6.45, 7) is 0. The van der Waals surface area contributed by atoms with Gasteiger partial charge in [-0.3, -0.25) is 0 Å². The van der Waals surface area contributed by atoms with Gasteiger partial charge in [0.25, 0.3) is 0 Å². The number of anilines is 3. The Morgan fingerprint density at radius 2 is 0.559 bits per heavy atom. The van der Waals surface area contributed by atoms with Gasteiger partial charge in [0.05, 0.1) is 5.41 Å². The van der Waals surface area contributed by atoms with Gasteiger partial charge in [0.1, 0.15) is 0 Å². The molecule has 1 nitrogen and oxygen atoms in total. The van der Waals surface area contributed by atoms with Crippen LogP contribution in [-0.4, -0.2) is 0 Å². The van der Waals surface area contributed by atoms with E-state index in [2.05, 4.69) is 290 Å². The molecule has 11 aromatic rings. The molecule has 0 bridgehead atoms. The predicted octanol–water partition coefficient (Wildman–Crippen LogP) is 17.9. The molecular formula is C67H47N. The Hall–Kier alpha value is -8.78. The topological polar surface area (TPSA) is 3.24 Å². The monoisotopic (exact) mass is 865 g/mol. The smallest absolute Gasteiger partial charge is 0.0714 e. The van der Waals surface area contributed by atoms with Crippen LogP contribution in [0.4, 0.5) is 17.1 Å². The fourth-order valence-corrected chi connectivity index (χ4v) is 10.5. The number of hydrogen-bond acceptors (Lipinski definition) is 1. The Bertz CT molecular complexity index is 3310. The lowest BCUT2D eigenvalue weighted by atomic mass is 9.67. The average Bonchev–Trinajstić information content (AvgIpc) is 3.73. The van der Waals surface area contributed by atoms with Gasteiger partial charge in [-0.2, -0.15) is 0 Å². The third kappa shape index (κ3) is 7.22. The van der Waals surface area contributed by atoms with Gasteiger partial charge in [-0.15, -0.1) is 0 Å². The van der Waals surface area contributed by atoms with Gasteiger partial charge in [-0.05, 0) is 125 Å². The molecule has 320 valence electrons. The average molecular weight is 866 g/mol. The van der Waals surface area contributed by atoms with Crippen LogP contribution in [0.5, 0.6) is 0 Å². The molecule has 0 aliphatic heterocycles. The largest absolute Gasteiger partial charge is 0.310 e. The first-order valence-electron chi connectivity index (χ1n) is 23.5. The predicted molar refractivity (Wildman–Crippen MR) is 286 cm³/mol. The van der Waals surface area contributed by atoms with Gasteiger partial charge < -0.3 is 4.90 Å². The zero-order chi connectivity index (χ0) is 45.3. The molecule has 0 atom stereocenters. The first-order chi connectivity index (χ1) is 33.7. The van der Waals surface area contributed by atoms with E-state index in [1.165, 1.54) is 89.0 Å².